The van der Waals surface area contributed by atoms with Crippen LogP contribution < -0.4 is 0 Å². The summed E-state index contributed by atoms with van der Waals surface area (Å²) < 4.78 is 1.80. The molecule has 0 aliphatic rings. The lowest BCUT2D eigenvalue weighted by atomic mass is 10.2. The van der Waals surface area contributed by atoms with Crippen LogP contribution >= 0.6 is 38.9 Å². The van der Waals surface area contributed by atoms with Gasteiger partial charge in [-0.3, -0.25) is 4.98 Å². The van der Waals surface area contributed by atoms with Crippen LogP contribution in [-0.2, 0) is 0 Å². The normalized spacial score (nSPS) is 10.9. The second-order valence-corrected chi connectivity index (χ2v) is 5.52. The first-order valence-electron chi connectivity index (χ1n) is 4.76. The van der Waals surface area contributed by atoms with Crippen molar-refractivity contribution in [3.05, 3.63) is 39.5 Å². The Balaban J connectivity index is 2.16. The van der Waals surface area contributed by atoms with Crippen LogP contribution in [0.1, 0.15) is 0 Å². The summed E-state index contributed by atoms with van der Waals surface area (Å²) in [7, 11) is 0. The van der Waals surface area contributed by atoms with Gasteiger partial charge >= 0.3 is 0 Å². The Hall–Kier alpha value is -1.04. The molecule has 0 saturated heterocycles. The molecule has 84 valence electrons. The van der Waals surface area contributed by atoms with E-state index in [0.29, 0.717) is 15.5 Å². The molecule has 17 heavy (non-hydrogen) atoms. The van der Waals surface area contributed by atoms with Gasteiger partial charge in [0.25, 0.3) is 0 Å². The highest BCUT2D eigenvalue weighted by Gasteiger charge is 2.07. The van der Waals surface area contributed by atoms with Gasteiger partial charge in [-0.2, -0.15) is 0 Å². The first kappa shape index (κ1) is 11.1. The Labute approximate surface area is 115 Å². The van der Waals surface area contributed by atoms with Gasteiger partial charge in [0.15, 0.2) is 5.82 Å². The number of hydrogen-bond donors (Lipinski definition) is 0. The number of pyridine rings is 1. The number of thiophene rings is 1. The minimum Gasteiger partial charge on any atom is -0.255 e. The Morgan fingerprint density at radius 1 is 1.24 bits per heavy atom. The molecule has 0 aliphatic heterocycles. The molecule has 0 fully saturated rings. The SMILES string of the molecule is Clc1nc(-c2cnc3ccsc3c2)ncc1Br. The summed E-state index contributed by atoms with van der Waals surface area (Å²) in [5.41, 5.74) is 1.86. The van der Waals surface area contributed by atoms with Crippen LogP contribution in [0, 0.1) is 0 Å². The van der Waals surface area contributed by atoms with Crippen molar-refractivity contribution in [1.29, 1.82) is 0 Å². The monoisotopic (exact) mass is 325 g/mol. The van der Waals surface area contributed by atoms with Gasteiger partial charge < -0.3 is 0 Å². The summed E-state index contributed by atoms with van der Waals surface area (Å²) in [6, 6.07) is 4.01. The van der Waals surface area contributed by atoms with Crippen LogP contribution in [0.5, 0.6) is 0 Å². The molecule has 3 aromatic rings. The Kier molecular flexibility index (Phi) is 2.82. The van der Waals surface area contributed by atoms with E-state index in [1.54, 1.807) is 23.7 Å². The average Bonchev–Trinajstić information content (AvgIpc) is 2.79. The van der Waals surface area contributed by atoms with Crippen LogP contribution in [-0.4, -0.2) is 15.0 Å². The number of rotatable bonds is 1. The van der Waals surface area contributed by atoms with E-state index in [2.05, 4.69) is 30.9 Å². The van der Waals surface area contributed by atoms with E-state index < -0.39 is 0 Å². The average molecular weight is 327 g/mol. The maximum atomic E-state index is 5.95. The molecule has 0 radical (unpaired) electrons. The maximum absolute atomic E-state index is 5.95. The van der Waals surface area contributed by atoms with E-state index in [9.17, 15) is 0 Å². The number of halogens is 2. The lowest BCUT2D eigenvalue weighted by Gasteiger charge is -2.01. The minimum atomic E-state index is 0.404. The van der Waals surface area contributed by atoms with E-state index in [4.69, 9.17) is 11.6 Å². The highest BCUT2D eigenvalue weighted by Crippen LogP contribution is 2.26. The van der Waals surface area contributed by atoms with Gasteiger partial charge in [-0.1, -0.05) is 11.6 Å². The third-order valence-corrected chi connectivity index (χ3v) is 4.21. The van der Waals surface area contributed by atoms with Gasteiger partial charge in [0.05, 0.1) is 14.7 Å². The molecule has 0 saturated carbocycles. The molecule has 0 spiro atoms. The van der Waals surface area contributed by atoms with Gasteiger partial charge in [-0.05, 0) is 33.4 Å². The second-order valence-electron chi connectivity index (χ2n) is 3.36. The molecule has 0 aliphatic carbocycles. The summed E-state index contributed by atoms with van der Waals surface area (Å²) >= 11 is 10.9. The molecule has 0 bridgehead atoms. The van der Waals surface area contributed by atoms with Crippen LogP contribution in [0.25, 0.3) is 21.6 Å². The number of fused-ring (bicyclic) bond motifs is 1. The summed E-state index contributed by atoms with van der Waals surface area (Å²) in [5.74, 6) is 0.584. The summed E-state index contributed by atoms with van der Waals surface area (Å²) in [4.78, 5) is 12.8. The van der Waals surface area contributed by atoms with Crippen molar-refractivity contribution in [3.63, 3.8) is 0 Å². The molecule has 3 rings (SSSR count). The van der Waals surface area contributed by atoms with E-state index in [0.717, 1.165) is 15.8 Å². The molecular formula is C11H5BrClN3S. The smallest absolute Gasteiger partial charge is 0.162 e. The molecule has 0 amide bonds. The third kappa shape index (κ3) is 2.06. The predicted octanol–water partition coefficient (Wildman–Crippen LogP) is 4.17. The van der Waals surface area contributed by atoms with Crippen molar-refractivity contribution in [1.82, 2.24) is 15.0 Å². The van der Waals surface area contributed by atoms with Crippen LogP contribution in [0.2, 0.25) is 5.15 Å². The van der Waals surface area contributed by atoms with Gasteiger partial charge in [-0.15, -0.1) is 11.3 Å². The Morgan fingerprint density at radius 2 is 2.12 bits per heavy atom. The standard InChI is InChI=1S/C11H5BrClN3S/c12-7-5-15-11(16-10(7)13)6-3-9-8(14-4-6)1-2-17-9/h1-5H. The molecule has 3 aromatic heterocycles. The zero-order valence-corrected chi connectivity index (χ0v) is 11.6. The third-order valence-electron chi connectivity index (χ3n) is 2.26. The zero-order valence-electron chi connectivity index (χ0n) is 8.39. The molecule has 6 heteroatoms. The van der Waals surface area contributed by atoms with Gasteiger partial charge in [0.2, 0.25) is 0 Å². The predicted molar refractivity (Wildman–Crippen MR) is 73.4 cm³/mol. The van der Waals surface area contributed by atoms with Crippen LogP contribution in [0.3, 0.4) is 0 Å². The lowest BCUT2D eigenvalue weighted by molar-refractivity contribution is 1.16. The van der Waals surface area contributed by atoms with Crippen LogP contribution in [0.4, 0.5) is 0 Å². The Morgan fingerprint density at radius 3 is 2.94 bits per heavy atom. The first-order valence-corrected chi connectivity index (χ1v) is 6.81. The number of aromatic nitrogens is 3. The highest BCUT2D eigenvalue weighted by molar-refractivity contribution is 9.10. The second kappa shape index (κ2) is 4.33. The zero-order chi connectivity index (χ0) is 11.8. The largest absolute Gasteiger partial charge is 0.255 e. The van der Waals surface area contributed by atoms with E-state index in [1.807, 2.05) is 17.5 Å². The fourth-order valence-corrected chi connectivity index (χ4v) is 2.55. The Bertz CT molecular complexity index is 698. The molecule has 0 unspecified atom stereocenters. The number of nitrogens with zero attached hydrogens (tertiary/aromatic N) is 3. The topological polar surface area (TPSA) is 38.7 Å². The van der Waals surface area contributed by atoms with Crippen molar-refractivity contribution < 1.29 is 0 Å². The molecule has 0 N–H and O–H groups in total. The van der Waals surface area contributed by atoms with Crippen molar-refractivity contribution in [2.45, 2.75) is 0 Å². The van der Waals surface area contributed by atoms with Gasteiger partial charge in [-0.25, -0.2) is 9.97 Å². The van der Waals surface area contributed by atoms with Crippen molar-refractivity contribution >= 4 is 49.1 Å². The minimum absolute atomic E-state index is 0.404. The molecular weight excluding hydrogens is 322 g/mol. The van der Waals surface area contributed by atoms with Gasteiger partial charge in [0.1, 0.15) is 5.15 Å². The van der Waals surface area contributed by atoms with Crippen molar-refractivity contribution in [3.8, 4) is 11.4 Å². The fourth-order valence-electron chi connectivity index (χ4n) is 1.45. The molecule has 3 nitrogen and oxygen atoms in total. The van der Waals surface area contributed by atoms with E-state index >= 15 is 0 Å². The van der Waals surface area contributed by atoms with Crippen molar-refractivity contribution in [2.24, 2.45) is 0 Å². The fraction of sp³-hybridized carbons (Fsp3) is 0. The van der Waals surface area contributed by atoms with Crippen molar-refractivity contribution in [2.75, 3.05) is 0 Å². The highest BCUT2D eigenvalue weighted by atomic mass is 79.9. The molecule has 3 heterocycles. The first-order chi connectivity index (χ1) is 8.24. The summed E-state index contributed by atoms with van der Waals surface area (Å²) in [5, 5.41) is 2.41. The van der Waals surface area contributed by atoms with E-state index in [-0.39, 0.29) is 0 Å². The molecule has 0 atom stereocenters. The summed E-state index contributed by atoms with van der Waals surface area (Å²) in [6.07, 6.45) is 3.40. The molecule has 0 aromatic carbocycles. The quantitative estimate of drug-likeness (QED) is 0.630. The summed E-state index contributed by atoms with van der Waals surface area (Å²) in [6.45, 7) is 0. The van der Waals surface area contributed by atoms with E-state index in [1.165, 1.54) is 0 Å². The maximum Gasteiger partial charge on any atom is 0.162 e. The van der Waals surface area contributed by atoms with Crippen LogP contribution in [0.15, 0.2) is 34.4 Å². The van der Waals surface area contributed by atoms with Gasteiger partial charge in [0, 0.05) is 18.0 Å². The lowest BCUT2D eigenvalue weighted by Crippen LogP contribution is -1.90. The number of hydrogen-bond acceptors (Lipinski definition) is 4.